The molecular formula is C17H17N3O. The maximum Gasteiger partial charge on any atom is 0.221 e. The van der Waals surface area contributed by atoms with Crippen molar-refractivity contribution in [1.29, 1.82) is 0 Å². The first-order valence-corrected chi connectivity index (χ1v) is 6.89. The maximum atomic E-state index is 11.0. The normalized spacial score (nSPS) is 10.5. The number of carbonyl (C=O) groups excluding carboxylic acids is 1. The average molecular weight is 279 g/mol. The molecule has 4 nitrogen and oxygen atoms in total. The zero-order valence-electron chi connectivity index (χ0n) is 11.8. The predicted molar refractivity (Wildman–Crippen MR) is 86.4 cm³/mol. The molecule has 106 valence electrons. The highest BCUT2D eigenvalue weighted by atomic mass is 16.1. The van der Waals surface area contributed by atoms with Crippen LogP contribution in [-0.2, 0) is 11.3 Å². The number of carbonyl (C=O) groups is 1. The molecule has 1 aromatic heterocycles. The highest BCUT2D eigenvalue weighted by Gasteiger charge is 2.02. The van der Waals surface area contributed by atoms with Crippen molar-refractivity contribution in [3.05, 3.63) is 60.3 Å². The van der Waals surface area contributed by atoms with Gasteiger partial charge in [-0.3, -0.25) is 4.79 Å². The van der Waals surface area contributed by atoms with Crippen LogP contribution in [0.1, 0.15) is 12.5 Å². The van der Waals surface area contributed by atoms with Gasteiger partial charge in [0.15, 0.2) is 0 Å². The van der Waals surface area contributed by atoms with Crippen LogP contribution in [0.5, 0.6) is 0 Å². The topological polar surface area (TPSA) is 56.9 Å². The monoisotopic (exact) mass is 279 g/mol. The third-order valence-corrected chi connectivity index (χ3v) is 3.36. The fourth-order valence-corrected chi connectivity index (χ4v) is 2.35. The third-order valence-electron chi connectivity index (χ3n) is 3.36. The molecule has 1 amide bonds. The highest BCUT2D eigenvalue weighted by Crippen LogP contribution is 2.20. The summed E-state index contributed by atoms with van der Waals surface area (Å²) >= 11 is 0. The number of nitrogens with one attached hydrogen (secondary N) is 3. The second-order valence-electron chi connectivity index (χ2n) is 4.97. The Morgan fingerprint density at radius 2 is 1.76 bits per heavy atom. The molecule has 0 aliphatic heterocycles. The lowest BCUT2D eigenvalue weighted by molar-refractivity contribution is -0.114. The van der Waals surface area contributed by atoms with Crippen molar-refractivity contribution in [1.82, 2.24) is 4.98 Å². The first-order chi connectivity index (χ1) is 10.2. The zero-order chi connectivity index (χ0) is 14.7. The summed E-state index contributed by atoms with van der Waals surface area (Å²) in [4.78, 5) is 14.2. The van der Waals surface area contributed by atoms with Gasteiger partial charge in [-0.1, -0.05) is 18.2 Å². The molecule has 1 heterocycles. The Balaban J connectivity index is 1.68. The Kier molecular flexibility index (Phi) is 3.60. The molecule has 0 saturated heterocycles. The van der Waals surface area contributed by atoms with Gasteiger partial charge < -0.3 is 15.6 Å². The Labute approximate surface area is 123 Å². The van der Waals surface area contributed by atoms with Gasteiger partial charge in [-0.15, -0.1) is 0 Å². The molecule has 0 bridgehead atoms. The van der Waals surface area contributed by atoms with E-state index < -0.39 is 0 Å². The number of rotatable bonds is 4. The summed E-state index contributed by atoms with van der Waals surface area (Å²) in [5, 5.41) is 7.38. The molecule has 4 heteroatoms. The molecule has 0 aliphatic carbocycles. The van der Waals surface area contributed by atoms with Gasteiger partial charge >= 0.3 is 0 Å². The molecule has 3 aromatic rings. The van der Waals surface area contributed by atoms with E-state index in [9.17, 15) is 4.79 Å². The number of H-pyrrole nitrogens is 1. The van der Waals surface area contributed by atoms with E-state index in [1.54, 1.807) is 0 Å². The molecule has 0 fully saturated rings. The number of hydrogen-bond donors (Lipinski definition) is 3. The van der Waals surface area contributed by atoms with Crippen LogP contribution in [0.4, 0.5) is 11.4 Å². The van der Waals surface area contributed by atoms with Crippen LogP contribution in [0.15, 0.2) is 54.7 Å². The van der Waals surface area contributed by atoms with E-state index >= 15 is 0 Å². The lowest BCUT2D eigenvalue weighted by Gasteiger charge is -2.07. The van der Waals surface area contributed by atoms with E-state index in [2.05, 4.69) is 27.8 Å². The van der Waals surface area contributed by atoms with Gasteiger partial charge in [-0.2, -0.15) is 0 Å². The smallest absolute Gasteiger partial charge is 0.221 e. The molecule has 21 heavy (non-hydrogen) atoms. The molecule has 0 saturated carbocycles. The van der Waals surface area contributed by atoms with Gasteiger partial charge in [0.2, 0.25) is 5.91 Å². The molecule has 2 aromatic carbocycles. The number of para-hydroxylation sites is 1. The van der Waals surface area contributed by atoms with E-state index in [1.807, 2.05) is 42.6 Å². The van der Waals surface area contributed by atoms with Crippen molar-refractivity contribution in [3.8, 4) is 0 Å². The van der Waals surface area contributed by atoms with Crippen molar-refractivity contribution in [3.63, 3.8) is 0 Å². The number of benzene rings is 2. The number of aromatic nitrogens is 1. The maximum absolute atomic E-state index is 11.0. The third kappa shape index (κ3) is 3.05. The van der Waals surface area contributed by atoms with E-state index in [0.717, 1.165) is 23.4 Å². The number of anilines is 2. The van der Waals surface area contributed by atoms with Crippen LogP contribution in [0.25, 0.3) is 10.9 Å². The van der Waals surface area contributed by atoms with Crippen LogP contribution in [0, 0.1) is 0 Å². The summed E-state index contributed by atoms with van der Waals surface area (Å²) < 4.78 is 0. The number of fused-ring (bicyclic) bond motifs is 1. The molecule has 0 unspecified atom stereocenters. The van der Waals surface area contributed by atoms with Gasteiger partial charge in [0.1, 0.15) is 0 Å². The Morgan fingerprint density at radius 1 is 1.05 bits per heavy atom. The van der Waals surface area contributed by atoms with Crippen LogP contribution in [-0.4, -0.2) is 10.9 Å². The first kappa shape index (κ1) is 13.2. The summed E-state index contributed by atoms with van der Waals surface area (Å²) in [5.74, 6) is -0.0606. The van der Waals surface area contributed by atoms with Crippen molar-refractivity contribution in [2.24, 2.45) is 0 Å². The minimum atomic E-state index is -0.0606. The lowest BCUT2D eigenvalue weighted by Crippen LogP contribution is -2.05. The first-order valence-electron chi connectivity index (χ1n) is 6.89. The molecular weight excluding hydrogens is 262 g/mol. The minimum Gasteiger partial charge on any atom is -0.381 e. The van der Waals surface area contributed by atoms with Crippen molar-refractivity contribution in [2.75, 3.05) is 10.6 Å². The van der Waals surface area contributed by atoms with Crippen LogP contribution in [0.3, 0.4) is 0 Å². The van der Waals surface area contributed by atoms with Crippen LogP contribution in [0.2, 0.25) is 0 Å². The van der Waals surface area contributed by atoms with Crippen molar-refractivity contribution in [2.45, 2.75) is 13.5 Å². The minimum absolute atomic E-state index is 0.0606. The summed E-state index contributed by atoms with van der Waals surface area (Å²) in [6.45, 7) is 2.26. The van der Waals surface area contributed by atoms with Crippen molar-refractivity contribution < 1.29 is 4.79 Å². The summed E-state index contributed by atoms with van der Waals surface area (Å²) in [6, 6.07) is 15.9. The second kappa shape index (κ2) is 5.71. The molecule has 3 rings (SSSR count). The van der Waals surface area contributed by atoms with Crippen LogP contribution >= 0.6 is 0 Å². The number of aromatic amines is 1. The average Bonchev–Trinajstić information content (AvgIpc) is 2.89. The van der Waals surface area contributed by atoms with E-state index in [4.69, 9.17) is 0 Å². The van der Waals surface area contributed by atoms with Crippen LogP contribution < -0.4 is 10.6 Å². The lowest BCUT2D eigenvalue weighted by atomic mass is 10.1. The fraction of sp³-hybridized carbons (Fsp3) is 0.118. The largest absolute Gasteiger partial charge is 0.381 e. The van der Waals surface area contributed by atoms with E-state index in [-0.39, 0.29) is 5.91 Å². The molecule has 0 atom stereocenters. The second-order valence-corrected chi connectivity index (χ2v) is 4.97. The standard InChI is InChI=1S/C17H17N3O/c1-12(21)20-15-8-6-14(7-9-15)18-10-13-11-19-17-5-3-2-4-16(13)17/h2-9,11,18-19H,10H2,1H3,(H,20,21). The van der Waals surface area contributed by atoms with Gasteiger partial charge in [0, 0.05) is 41.9 Å². The molecule has 0 radical (unpaired) electrons. The number of hydrogen-bond acceptors (Lipinski definition) is 2. The number of amides is 1. The van der Waals surface area contributed by atoms with Gasteiger partial charge in [-0.25, -0.2) is 0 Å². The van der Waals surface area contributed by atoms with Gasteiger partial charge in [0.05, 0.1) is 0 Å². The Hall–Kier alpha value is -2.75. The van der Waals surface area contributed by atoms with Gasteiger partial charge in [0.25, 0.3) is 0 Å². The predicted octanol–water partition coefficient (Wildman–Crippen LogP) is 3.74. The highest BCUT2D eigenvalue weighted by molar-refractivity contribution is 5.88. The quantitative estimate of drug-likeness (QED) is 0.681. The Bertz CT molecular complexity index is 759. The fourth-order valence-electron chi connectivity index (χ4n) is 2.35. The summed E-state index contributed by atoms with van der Waals surface area (Å²) in [5.41, 5.74) is 4.21. The SMILES string of the molecule is CC(=O)Nc1ccc(NCc2c[nH]c3ccccc23)cc1. The summed E-state index contributed by atoms with van der Waals surface area (Å²) in [7, 11) is 0. The van der Waals surface area contributed by atoms with E-state index in [1.165, 1.54) is 17.9 Å². The van der Waals surface area contributed by atoms with Gasteiger partial charge in [-0.05, 0) is 35.9 Å². The molecule has 0 spiro atoms. The molecule has 3 N–H and O–H groups in total. The zero-order valence-corrected chi connectivity index (χ0v) is 11.8. The van der Waals surface area contributed by atoms with Crippen molar-refractivity contribution >= 4 is 28.2 Å². The van der Waals surface area contributed by atoms with E-state index in [0.29, 0.717) is 0 Å². The molecule has 0 aliphatic rings. The summed E-state index contributed by atoms with van der Waals surface area (Å²) in [6.07, 6.45) is 2.03. The Morgan fingerprint density at radius 3 is 2.52 bits per heavy atom.